The van der Waals surface area contributed by atoms with Crippen LogP contribution in [-0.2, 0) is 5.60 Å². The summed E-state index contributed by atoms with van der Waals surface area (Å²) < 4.78 is 25.7. The minimum Gasteiger partial charge on any atom is -0.384 e. The molecule has 4 heteroatoms. The van der Waals surface area contributed by atoms with E-state index < -0.39 is 17.2 Å². The zero-order valence-corrected chi connectivity index (χ0v) is 9.56. The van der Waals surface area contributed by atoms with Crippen LogP contribution in [0.3, 0.4) is 0 Å². The monoisotopic (exact) mass is 229 g/mol. The lowest BCUT2D eigenvalue weighted by Crippen LogP contribution is -2.35. The minimum absolute atomic E-state index is 0.311. The van der Waals surface area contributed by atoms with Crippen LogP contribution in [0.1, 0.15) is 25.8 Å². The molecule has 2 nitrogen and oxygen atoms in total. The molecular weight excluding hydrogens is 212 g/mol. The van der Waals surface area contributed by atoms with E-state index in [9.17, 15) is 13.9 Å². The van der Waals surface area contributed by atoms with Gasteiger partial charge < -0.3 is 10.4 Å². The smallest absolute Gasteiger partial charge is 0.159 e. The van der Waals surface area contributed by atoms with E-state index in [1.54, 1.807) is 6.92 Å². The van der Waals surface area contributed by atoms with Crippen molar-refractivity contribution in [1.82, 2.24) is 5.32 Å². The molecular formula is C12H17F2NO. The fourth-order valence-corrected chi connectivity index (χ4v) is 1.44. The molecule has 1 unspecified atom stereocenters. The van der Waals surface area contributed by atoms with Crippen molar-refractivity contribution in [2.75, 3.05) is 13.1 Å². The van der Waals surface area contributed by atoms with E-state index in [4.69, 9.17) is 0 Å². The second-order valence-electron chi connectivity index (χ2n) is 4.08. The molecule has 0 saturated heterocycles. The molecule has 90 valence electrons. The number of hydrogen-bond acceptors (Lipinski definition) is 2. The van der Waals surface area contributed by atoms with Gasteiger partial charge in [-0.1, -0.05) is 13.0 Å². The number of nitrogens with one attached hydrogen (secondary N) is 1. The van der Waals surface area contributed by atoms with Crippen LogP contribution in [0.5, 0.6) is 0 Å². The lowest BCUT2D eigenvalue weighted by molar-refractivity contribution is 0.0568. The Morgan fingerprint density at radius 1 is 1.31 bits per heavy atom. The molecule has 0 aromatic heterocycles. The van der Waals surface area contributed by atoms with Gasteiger partial charge in [-0.05, 0) is 37.6 Å². The Hall–Kier alpha value is -1.00. The highest BCUT2D eigenvalue weighted by atomic mass is 19.2. The van der Waals surface area contributed by atoms with Gasteiger partial charge in [0.25, 0.3) is 0 Å². The predicted molar refractivity (Wildman–Crippen MR) is 59.1 cm³/mol. The molecule has 0 aliphatic rings. The second-order valence-corrected chi connectivity index (χ2v) is 4.08. The third kappa shape index (κ3) is 3.25. The van der Waals surface area contributed by atoms with Crippen molar-refractivity contribution >= 4 is 0 Å². The van der Waals surface area contributed by atoms with Crippen molar-refractivity contribution in [3.63, 3.8) is 0 Å². The number of hydrogen-bond donors (Lipinski definition) is 2. The molecule has 1 atom stereocenters. The van der Waals surface area contributed by atoms with Crippen LogP contribution in [0.25, 0.3) is 0 Å². The highest BCUT2D eigenvalue weighted by molar-refractivity contribution is 5.23. The summed E-state index contributed by atoms with van der Waals surface area (Å²) in [6.45, 7) is 4.67. The summed E-state index contributed by atoms with van der Waals surface area (Å²) in [5.41, 5.74) is -0.820. The summed E-state index contributed by atoms with van der Waals surface area (Å²) in [4.78, 5) is 0. The maximum Gasteiger partial charge on any atom is 0.159 e. The lowest BCUT2D eigenvalue weighted by Gasteiger charge is -2.24. The summed E-state index contributed by atoms with van der Waals surface area (Å²) in [6.07, 6.45) is 0.952. The fourth-order valence-electron chi connectivity index (χ4n) is 1.44. The van der Waals surface area contributed by atoms with Crippen LogP contribution in [0.4, 0.5) is 8.78 Å². The summed E-state index contributed by atoms with van der Waals surface area (Å²) in [6, 6.07) is 3.45. The van der Waals surface area contributed by atoms with Gasteiger partial charge in [0.1, 0.15) is 0 Å². The largest absolute Gasteiger partial charge is 0.384 e. The molecule has 1 aromatic carbocycles. The van der Waals surface area contributed by atoms with Gasteiger partial charge in [0, 0.05) is 6.54 Å². The van der Waals surface area contributed by atoms with Gasteiger partial charge in [0.15, 0.2) is 11.6 Å². The Bertz CT molecular complexity index is 353. The van der Waals surface area contributed by atoms with Crippen LogP contribution >= 0.6 is 0 Å². The first kappa shape index (κ1) is 13.1. The molecule has 0 bridgehead atoms. The van der Waals surface area contributed by atoms with Gasteiger partial charge in [-0.15, -0.1) is 0 Å². The summed E-state index contributed by atoms with van der Waals surface area (Å²) >= 11 is 0. The van der Waals surface area contributed by atoms with Crippen LogP contribution in [0.2, 0.25) is 0 Å². The number of rotatable bonds is 5. The number of halogens is 2. The maximum atomic E-state index is 13.0. The van der Waals surface area contributed by atoms with Crippen molar-refractivity contribution in [3.05, 3.63) is 35.4 Å². The van der Waals surface area contributed by atoms with Gasteiger partial charge >= 0.3 is 0 Å². The minimum atomic E-state index is -1.19. The Kier molecular flexibility index (Phi) is 4.38. The molecule has 0 spiro atoms. The Morgan fingerprint density at radius 3 is 2.56 bits per heavy atom. The first-order valence-electron chi connectivity index (χ1n) is 5.36. The molecule has 0 heterocycles. The highest BCUT2D eigenvalue weighted by Gasteiger charge is 2.23. The topological polar surface area (TPSA) is 32.3 Å². The molecule has 1 aromatic rings. The lowest BCUT2D eigenvalue weighted by atomic mass is 9.96. The molecule has 0 fully saturated rings. The second kappa shape index (κ2) is 5.37. The van der Waals surface area contributed by atoms with E-state index in [2.05, 4.69) is 5.32 Å². The zero-order chi connectivity index (χ0) is 12.2. The van der Waals surface area contributed by atoms with Crippen LogP contribution in [0, 0.1) is 11.6 Å². The zero-order valence-electron chi connectivity index (χ0n) is 9.56. The summed E-state index contributed by atoms with van der Waals surface area (Å²) in [5.74, 6) is -1.84. The van der Waals surface area contributed by atoms with Crippen molar-refractivity contribution in [2.45, 2.75) is 25.9 Å². The number of aliphatic hydroxyl groups is 1. The van der Waals surface area contributed by atoms with Crippen molar-refractivity contribution in [2.24, 2.45) is 0 Å². The fraction of sp³-hybridized carbons (Fsp3) is 0.500. The van der Waals surface area contributed by atoms with Gasteiger partial charge in [0.2, 0.25) is 0 Å². The molecule has 1 rings (SSSR count). The first-order chi connectivity index (χ1) is 7.47. The average Bonchev–Trinajstić information content (AvgIpc) is 2.22. The van der Waals surface area contributed by atoms with Crippen molar-refractivity contribution in [1.29, 1.82) is 0 Å². The van der Waals surface area contributed by atoms with Crippen molar-refractivity contribution < 1.29 is 13.9 Å². The van der Waals surface area contributed by atoms with Crippen LogP contribution in [-0.4, -0.2) is 18.2 Å². The average molecular weight is 229 g/mol. The van der Waals surface area contributed by atoms with E-state index in [-0.39, 0.29) is 0 Å². The van der Waals surface area contributed by atoms with Crippen LogP contribution < -0.4 is 5.32 Å². The standard InChI is InChI=1S/C12H17F2NO/c1-3-6-15-8-12(2,16)9-4-5-10(13)11(14)7-9/h4-5,7,15-16H,3,6,8H2,1-2H3. The summed E-state index contributed by atoms with van der Waals surface area (Å²) in [7, 11) is 0. The quantitative estimate of drug-likeness (QED) is 0.758. The van der Waals surface area contributed by atoms with E-state index in [1.807, 2.05) is 6.92 Å². The Labute approximate surface area is 94.3 Å². The van der Waals surface area contributed by atoms with Gasteiger partial charge in [-0.3, -0.25) is 0 Å². The van der Waals surface area contributed by atoms with Crippen LogP contribution in [0.15, 0.2) is 18.2 Å². The SMILES string of the molecule is CCCNCC(C)(O)c1ccc(F)c(F)c1. The molecule has 16 heavy (non-hydrogen) atoms. The third-order valence-electron chi connectivity index (χ3n) is 2.44. The third-order valence-corrected chi connectivity index (χ3v) is 2.44. The van der Waals surface area contributed by atoms with E-state index in [0.29, 0.717) is 12.1 Å². The van der Waals surface area contributed by atoms with Gasteiger partial charge in [-0.2, -0.15) is 0 Å². The molecule has 2 N–H and O–H groups in total. The molecule has 0 saturated carbocycles. The van der Waals surface area contributed by atoms with E-state index >= 15 is 0 Å². The molecule has 0 radical (unpaired) electrons. The van der Waals surface area contributed by atoms with E-state index in [0.717, 1.165) is 25.1 Å². The first-order valence-corrected chi connectivity index (χ1v) is 5.36. The number of benzene rings is 1. The predicted octanol–water partition coefficient (Wildman–Crippen LogP) is 2.17. The maximum absolute atomic E-state index is 13.0. The van der Waals surface area contributed by atoms with Crippen molar-refractivity contribution in [3.8, 4) is 0 Å². The van der Waals surface area contributed by atoms with Gasteiger partial charge in [0.05, 0.1) is 5.60 Å². The molecule has 0 aliphatic heterocycles. The Balaban J connectivity index is 2.76. The Morgan fingerprint density at radius 2 is 2.00 bits per heavy atom. The molecule has 0 amide bonds. The van der Waals surface area contributed by atoms with E-state index in [1.165, 1.54) is 6.07 Å². The normalized spacial score (nSPS) is 14.8. The highest BCUT2D eigenvalue weighted by Crippen LogP contribution is 2.21. The van der Waals surface area contributed by atoms with Gasteiger partial charge in [-0.25, -0.2) is 8.78 Å². The summed E-state index contributed by atoms with van der Waals surface area (Å²) in [5, 5.41) is 13.1. The molecule has 0 aliphatic carbocycles.